The molecule has 0 aromatic heterocycles. The molecule has 1 unspecified atom stereocenters. The van der Waals surface area contributed by atoms with Crippen LogP contribution in [0.2, 0.25) is 0 Å². The van der Waals surface area contributed by atoms with Crippen LogP contribution in [0.4, 0.5) is 10.1 Å². The second-order valence-corrected chi connectivity index (χ2v) is 3.68. The van der Waals surface area contributed by atoms with Gasteiger partial charge in [-0.15, -0.1) is 0 Å². The molecule has 2 N–H and O–H groups in total. The van der Waals surface area contributed by atoms with Gasteiger partial charge in [0, 0.05) is 19.2 Å². The maximum atomic E-state index is 13.0. The summed E-state index contributed by atoms with van der Waals surface area (Å²) >= 11 is 0. The number of aliphatic hydroxyl groups is 1. The first-order valence-corrected chi connectivity index (χ1v) is 5.39. The second kappa shape index (κ2) is 6.33. The van der Waals surface area contributed by atoms with Crippen LogP contribution in [-0.2, 0) is 0 Å². The number of nitrogens with one attached hydrogen (secondary N) is 1. The predicted molar refractivity (Wildman–Crippen MR) is 62.3 cm³/mol. The van der Waals surface area contributed by atoms with E-state index in [1.54, 1.807) is 13.2 Å². The van der Waals surface area contributed by atoms with Crippen LogP contribution in [0.3, 0.4) is 0 Å². The van der Waals surface area contributed by atoms with E-state index in [1.807, 2.05) is 6.92 Å². The van der Waals surface area contributed by atoms with Gasteiger partial charge in [0.15, 0.2) is 0 Å². The van der Waals surface area contributed by atoms with Crippen LogP contribution in [0.1, 0.15) is 13.3 Å². The molecule has 1 aromatic rings. The summed E-state index contributed by atoms with van der Waals surface area (Å²) in [5.41, 5.74) is 0.620. The van der Waals surface area contributed by atoms with Crippen LogP contribution in [0, 0.1) is 11.7 Å². The van der Waals surface area contributed by atoms with Crippen molar-refractivity contribution in [1.29, 1.82) is 0 Å². The molecule has 0 bridgehead atoms. The van der Waals surface area contributed by atoms with Gasteiger partial charge in [0.05, 0.1) is 12.8 Å². The first-order chi connectivity index (χ1) is 7.71. The summed E-state index contributed by atoms with van der Waals surface area (Å²) in [5, 5.41) is 12.1. The minimum absolute atomic E-state index is 0.126. The Labute approximate surface area is 95.2 Å². The number of ether oxygens (including phenoxy) is 1. The van der Waals surface area contributed by atoms with Crippen molar-refractivity contribution >= 4 is 5.69 Å². The van der Waals surface area contributed by atoms with Gasteiger partial charge in [0.25, 0.3) is 0 Å². The highest BCUT2D eigenvalue weighted by Crippen LogP contribution is 2.25. The average Bonchev–Trinajstić information content (AvgIpc) is 2.30. The Morgan fingerprint density at radius 2 is 2.25 bits per heavy atom. The zero-order chi connectivity index (χ0) is 12.0. The molecule has 0 fully saturated rings. The Hall–Kier alpha value is -1.29. The van der Waals surface area contributed by atoms with Crippen LogP contribution in [-0.4, -0.2) is 25.4 Å². The summed E-state index contributed by atoms with van der Waals surface area (Å²) in [4.78, 5) is 0. The van der Waals surface area contributed by atoms with Crippen LogP contribution in [0.15, 0.2) is 18.2 Å². The molecule has 1 aromatic carbocycles. The van der Waals surface area contributed by atoms with Crippen molar-refractivity contribution in [2.45, 2.75) is 13.3 Å². The molecule has 0 aliphatic rings. The lowest BCUT2D eigenvalue weighted by Crippen LogP contribution is -2.17. The highest BCUT2D eigenvalue weighted by molar-refractivity contribution is 5.56. The number of rotatable bonds is 6. The molecule has 0 saturated heterocycles. The van der Waals surface area contributed by atoms with Gasteiger partial charge < -0.3 is 15.2 Å². The monoisotopic (exact) mass is 227 g/mol. The summed E-state index contributed by atoms with van der Waals surface area (Å²) < 4.78 is 18.1. The van der Waals surface area contributed by atoms with E-state index in [4.69, 9.17) is 9.84 Å². The van der Waals surface area contributed by atoms with Gasteiger partial charge in [-0.05, 0) is 24.5 Å². The van der Waals surface area contributed by atoms with Crippen LogP contribution >= 0.6 is 0 Å². The van der Waals surface area contributed by atoms with Gasteiger partial charge in [-0.25, -0.2) is 4.39 Å². The Balaban J connectivity index is 2.68. The molecule has 0 aliphatic heterocycles. The second-order valence-electron chi connectivity index (χ2n) is 3.68. The van der Waals surface area contributed by atoms with E-state index in [0.29, 0.717) is 18.0 Å². The fraction of sp³-hybridized carbons (Fsp3) is 0.500. The minimum atomic E-state index is -0.305. The van der Waals surface area contributed by atoms with Crippen LogP contribution in [0.5, 0.6) is 5.75 Å². The SMILES string of the molecule is CCC(CO)CNc1cc(F)ccc1OC. The van der Waals surface area contributed by atoms with E-state index in [9.17, 15) is 4.39 Å². The summed E-state index contributed by atoms with van der Waals surface area (Å²) in [5.74, 6) is 0.475. The summed E-state index contributed by atoms with van der Waals surface area (Å²) in [6.07, 6.45) is 0.876. The molecule has 0 heterocycles. The molecule has 1 rings (SSSR count). The van der Waals surface area contributed by atoms with Crippen molar-refractivity contribution in [2.24, 2.45) is 5.92 Å². The van der Waals surface area contributed by atoms with Crippen molar-refractivity contribution in [1.82, 2.24) is 0 Å². The normalized spacial score (nSPS) is 12.2. The number of benzene rings is 1. The molecule has 4 heteroatoms. The molecule has 0 radical (unpaired) electrons. The van der Waals surface area contributed by atoms with Gasteiger partial charge in [0.1, 0.15) is 11.6 Å². The van der Waals surface area contributed by atoms with Crippen LogP contribution in [0.25, 0.3) is 0 Å². The standard InChI is InChI=1S/C12H18FNO2/c1-3-9(8-15)7-14-11-6-10(13)4-5-12(11)16-2/h4-6,9,14-15H,3,7-8H2,1-2H3. The Bertz CT molecular complexity index is 327. The maximum Gasteiger partial charge on any atom is 0.142 e. The fourth-order valence-electron chi connectivity index (χ4n) is 1.41. The van der Waals surface area contributed by atoms with Gasteiger partial charge in [0.2, 0.25) is 0 Å². The van der Waals surface area contributed by atoms with E-state index in [-0.39, 0.29) is 18.3 Å². The lowest BCUT2D eigenvalue weighted by molar-refractivity contribution is 0.230. The van der Waals surface area contributed by atoms with Gasteiger partial charge >= 0.3 is 0 Å². The van der Waals surface area contributed by atoms with E-state index >= 15 is 0 Å². The molecule has 0 saturated carbocycles. The van der Waals surface area contributed by atoms with Gasteiger partial charge in [-0.3, -0.25) is 0 Å². The predicted octanol–water partition coefficient (Wildman–Crippen LogP) is 2.26. The topological polar surface area (TPSA) is 41.5 Å². The third-order valence-electron chi connectivity index (χ3n) is 2.58. The lowest BCUT2D eigenvalue weighted by atomic mass is 10.1. The van der Waals surface area contributed by atoms with Crippen molar-refractivity contribution < 1.29 is 14.2 Å². The smallest absolute Gasteiger partial charge is 0.142 e. The number of aliphatic hydroxyl groups excluding tert-OH is 1. The van der Waals surface area contributed by atoms with Crippen molar-refractivity contribution in [2.75, 3.05) is 25.6 Å². The Morgan fingerprint density at radius 3 is 2.81 bits per heavy atom. The summed E-state index contributed by atoms with van der Waals surface area (Å²) in [6.45, 7) is 2.74. The molecule has 16 heavy (non-hydrogen) atoms. The third-order valence-corrected chi connectivity index (χ3v) is 2.58. The number of hydrogen-bond donors (Lipinski definition) is 2. The quantitative estimate of drug-likeness (QED) is 0.783. The number of methoxy groups -OCH3 is 1. The molecule has 0 amide bonds. The van der Waals surface area contributed by atoms with E-state index < -0.39 is 0 Å². The molecular weight excluding hydrogens is 209 g/mol. The molecule has 1 atom stereocenters. The number of halogens is 1. The Morgan fingerprint density at radius 1 is 1.50 bits per heavy atom. The summed E-state index contributed by atoms with van der Waals surface area (Å²) in [6, 6.07) is 4.33. The van der Waals surface area contributed by atoms with Gasteiger partial charge in [-0.2, -0.15) is 0 Å². The van der Waals surface area contributed by atoms with Gasteiger partial charge in [-0.1, -0.05) is 6.92 Å². The molecule has 90 valence electrons. The highest BCUT2D eigenvalue weighted by Gasteiger charge is 2.08. The zero-order valence-corrected chi connectivity index (χ0v) is 9.66. The average molecular weight is 227 g/mol. The van der Waals surface area contributed by atoms with Crippen molar-refractivity contribution in [3.8, 4) is 5.75 Å². The van der Waals surface area contributed by atoms with Crippen LogP contribution < -0.4 is 10.1 Å². The van der Waals surface area contributed by atoms with E-state index in [2.05, 4.69) is 5.32 Å². The molecule has 0 spiro atoms. The molecular formula is C12H18FNO2. The highest BCUT2D eigenvalue weighted by atomic mass is 19.1. The minimum Gasteiger partial charge on any atom is -0.495 e. The fourth-order valence-corrected chi connectivity index (χ4v) is 1.41. The zero-order valence-electron chi connectivity index (χ0n) is 9.66. The molecule has 0 aliphatic carbocycles. The molecule has 3 nitrogen and oxygen atoms in total. The van der Waals surface area contributed by atoms with Crippen molar-refractivity contribution in [3.63, 3.8) is 0 Å². The third kappa shape index (κ3) is 3.38. The Kier molecular flexibility index (Phi) is 5.05. The summed E-state index contributed by atoms with van der Waals surface area (Å²) in [7, 11) is 1.54. The largest absolute Gasteiger partial charge is 0.495 e. The number of anilines is 1. The first-order valence-electron chi connectivity index (χ1n) is 5.39. The number of hydrogen-bond acceptors (Lipinski definition) is 3. The maximum absolute atomic E-state index is 13.0. The van der Waals surface area contributed by atoms with E-state index in [0.717, 1.165) is 6.42 Å². The lowest BCUT2D eigenvalue weighted by Gasteiger charge is -2.15. The van der Waals surface area contributed by atoms with Crippen molar-refractivity contribution in [3.05, 3.63) is 24.0 Å². The first kappa shape index (κ1) is 12.8. The van der Waals surface area contributed by atoms with E-state index in [1.165, 1.54) is 12.1 Å².